The van der Waals surface area contributed by atoms with Gasteiger partial charge in [-0.2, -0.15) is 0 Å². The number of aliphatic hydroxyl groups excluding tert-OH is 3. The quantitative estimate of drug-likeness (QED) is 0.0110. The number of hydrogen-bond acceptors (Lipinski definition) is 12. The smallest absolute Gasteiger partial charge is 0.462 e. The standard InChI is InChI=1S/C45H78O15P2/c1-4-6-21-29-40(46)30-23-17-13-11-14-18-24-31-41(47)32-25-20-27-33-44(49)56-37-43(38-59-62(54,55)58-36-42(48)35-57-61(51,52)53)60-45(50)34-26-19-15-10-8-7-9-12-16-22-28-39(3)5-2/h6,13-14,17-18,21,23-25,30-32,39-43,46-48H,4-5,7-12,15-16,19-20,22,26-29,33-38H2,1-3H3,(H,54,55)(H2,51,52,53)/b17-13-,18-14-,21-6-,30-23+,31-24+,32-25-/t39?,40-,41-,42+,43-/m1/s1. The van der Waals surface area contributed by atoms with Gasteiger partial charge in [-0.3, -0.25) is 23.2 Å². The van der Waals surface area contributed by atoms with Crippen molar-refractivity contribution in [2.45, 2.75) is 167 Å². The zero-order chi connectivity index (χ0) is 46.3. The fourth-order valence-corrected chi connectivity index (χ4v) is 6.69. The lowest BCUT2D eigenvalue weighted by molar-refractivity contribution is -0.161. The van der Waals surface area contributed by atoms with Crippen LogP contribution in [0.1, 0.15) is 143 Å². The molecule has 0 radical (unpaired) electrons. The zero-order valence-corrected chi connectivity index (χ0v) is 39.1. The Hall–Kier alpha value is -2.52. The molecule has 0 spiro atoms. The van der Waals surface area contributed by atoms with E-state index in [4.69, 9.17) is 23.8 Å². The summed E-state index contributed by atoms with van der Waals surface area (Å²) in [5.41, 5.74) is 0. The minimum Gasteiger partial charge on any atom is -0.462 e. The van der Waals surface area contributed by atoms with Crippen LogP contribution in [-0.4, -0.2) is 92.8 Å². The van der Waals surface area contributed by atoms with Gasteiger partial charge < -0.3 is 39.5 Å². The minimum absolute atomic E-state index is 0.00647. The first-order valence-electron chi connectivity index (χ1n) is 22.3. The number of allylic oxidation sites excluding steroid dienone is 8. The number of carbonyl (C=O) groups is 2. The summed E-state index contributed by atoms with van der Waals surface area (Å²) in [5, 5.41) is 29.7. The van der Waals surface area contributed by atoms with Crippen molar-refractivity contribution in [1.29, 1.82) is 0 Å². The van der Waals surface area contributed by atoms with Gasteiger partial charge in [0.15, 0.2) is 6.10 Å². The van der Waals surface area contributed by atoms with Crippen molar-refractivity contribution in [3.8, 4) is 0 Å². The molecule has 0 aromatic rings. The van der Waals surface area contributed by atoms with Crippen LogP contribution < -0.4 is 0 Å². The summed E-state index contributed by atoms with van der Waals surface area (Å²) >= 11 is 0. The second-order valence-electron chi connectivity index (χ2n) is 15.2. The largest absolute Gasteiger partial charge is 0.472 e. The van der Waals surface area contributed by atoms with Crippen LogP contribution in [0.15, 0.2) is 72.9 Å². The normalized spacial score (nSPS) is 16.2. The number of ether oxygens (including phenoxy) is 2. The molecular weight excluding hydrogens is 842 g/mol. The lowest BCUT2D eigenvalue weighted by Gasteiger charge is -2.20. The summed E-state index contributed by atoms with van der Waals surface area (Å²) in [4.78, 5) is 52.7. The first-order chi connectivity index (χ1) is 29.6. The Balaban J connectivity index is 4.75. The second kappa shape index (κ2) is 38.9. The molecule has 0 fully saturated rings. The molecule has 0 bridgehead atoms. The highest BCUT2D eigenvalue weighted by molar-refractivity contribution is 7.47. The van der Waals surface area contributed by atoms with Crippen LogP contribution in [0, 0.1) is 5.92 Å². The summed E-state index contributed by atoms with van der Waals surface area (Å²) in [6.07, 6.45) is 34.0. The van der Waals surface area contributed by atoms with E-state index >= 15 is 0 Å². The van der Waals surface area contributed by atoms with Crippen LogP contribution in [-0.2, 0) is 41.8 Å². The first kappa shape index (κ1) is 59.5. The molecule has 0 aromatic heterocycles. The molecule has 17 heteroatoms. The number of phosphoric acid groups is 2. The van der Waals surface area contributed by atoms with Crippen LogP contribution in [0.25, 0.3) is 0 Å². The van der Waals surface area contributed by atoms with Gasteiger partial charge in [-0.05, 0) is 44.4 Å². The molecule has 0 aliphatic rings. The van der Waals surface area contributed by atoms with Crippen molar-refractivity contribution in [3.05, 3.63) is 72.9 Å². The van der Waals surface area contributed by atoms with Crippen molar-refractivity contribution in [2.24, 2.45) is 5.92 Å². The fraction of sp³-hybridized carbons (Fsp3) is 0.689. The maximum absolute atomic E-state index is 12.7. The van der Waals surface area contributed by atoms with Crippen LogP contribution in [0.5, 0.6) is 0 Å². The topological polar surface area (TPSA) is 236 Å². The Morgan fingerprint density at radius 1 is 0.613 bits per heavy atom. The minimum atomic E-state index is -4.89. The molecule has 6 atom stereocenters. The highest BCUT2D eigenvalue weighted by Crippen LogP contribution is 2.43. The Bertz CT molecular complexity index is 1420. The van der Waals surface area contributed by atoms with Crippen LogP contribution in [0.4, 0.5) is 0 Å². The molecule has 0 rings (SSSR count). The molecule has 0 amide bonds. The fourth-order valence-electron chi connectivity index (χ4n) is 5.53. The molecule has 15 nitrogen and oxygen atoms in total. The first-order valence-corrected chi connectivity index (χ1v) is 25.3. The van der Waals surface area contributed by atoms with Gasteiger partial charge in [-0.15, -0.1) is 0 Å². The summed E-state index contributed by atoms with van der Waals surface area (Å²) in [5.74, 6) is -0.415. The van der Waals surface area contributed by atoms with Gasteiger partial charge in [0.2, 0.25) is 0 Å². The number of carbonyl (C=O) groups excluding carboxylic acids is 2. The van der Waals surface area contributed by atoms with E-state index in [1.165, 1.54) is 44.9 Å². The van der Waals surface area contributed by atoms with Gasteiger partial charge in [-0.1, -0.05) is 164 Å². The molecule has 0 aromatic carbocycles. The van der Waals surface area contributed by atoms with E-state index in [9.17, 15) is 38.9 Å². The molecule has 6 N–H and O–H groups in total. The Morgan fingerprint density at radius 2 is 1.19 bits per heavy atom. The van der Waals surface area contributed by atoms with Crippen molar-refractivity contribution in [3.63, 3.8) is 0 Å². The molecule has 0 saturated carbocycles. The van der Waals surface area contributed by atoms with Gasteiger partial charge in [0.25, 0.3) is 0 Å². The van der Waals surface area contributed by atoms with Gasteiger partial charge in [0.1, 0.15) is 12.7 Å². The van der Waals surface area contributed by atoms with Crippen LogP contribution in [0.3, 0.4) is 0 Å². The number of aliphatic hydroxyl groups is 3. The average Bonchev–Trinajstić information content (AvgIpc) is 3.22. The molecule has 2 unspecified atom stereocenters. The van der Waals surface area contributed by atoms with E-state index in [0.717, 1.165) is 38.0 Å². The number of phosphoric ester groups is 2. The number of unbranched alkanes of at least 4 members (excludes halogenated alkanes) is 10. The van der Waals surface area contributed by atoms with E-state index in [0.29, 0.717) is 32.1 Å². The number of rotatable bonds is 40. The molecule has 0 aliphatic heterocycles. The molecule has 0 saturated heterocycles. The Morgan fingerprint density at radius 3 is 1.82 bits per heavy atom. The van der Waals surface area contributed by atoms with E-state index in [1.807, 2.05) is 49.5 Å². The summed E-state index contributed by atoms with van der Waals surface area (Å²) in [7, 11) is -9.75. The van der Waals surface area contributed by atoms with E-state index in [2.05, 4.69) is 22.9 Å². The monoisotopic (exact) mass is 920 g/mol. The number of hydrogen-bond donors (Lipinski definition) is 6. The zero-order valence-electron chi connectivity index (χ0n) is 37.3. The molecule has 0 heterocycles. The molecule has 358 valence electrons. The van der Waals surface area contributed by atoms with Crippen LogP contribution in [0.2, 0.25) is 0 Å². The predicted molar refractivity (Wildman–Crippen MR) is 242 cm³/mol. The highest BCUT2D eigenvalue weighted by atomic mass is 31.2. The number of esters is 2. The third-order valence-corrected chi connectivity index (χ3v) is 10.8. The molecule has 0 aliphatic carbocycles. The molecule has 62 heavy (non-hydrogen) atoms. The average molecular weight is 921 g/mol. The third-order valence-electron chi connectivity index (χ3n) is 9.31. The Labute approximate surface area is 370 Å². The van der Waals surface area contributed by atoms with Crippen molar-refractivity contribution >= 4 is 27.6 Å². The SMILES string of the molecule is CC/C=C\C[C@@H](O)/C=C/C=C\C/C=C\C=C\[C@@H](O)/C=C\CCCC(=O)OC[C@H](COP(=O)(O)OC[C@@H](O)COP(=O)(O)O)OC(=O)CCCCCCCCCCCCC(C)CC. The van der Waals surface area contributed by atoms with Crippen molar-refractivity contribution in [1.82, 2.24) is 0 Å². The third kappa shape index (κ3) is 41.5. The van der Waals surface area contributed by atoms with Crippen molar-refractivity contribution in [2.75, 3.05) is 26.4 Å². The molecular formula is C45H78O15P2. The van der Waals surface area contributed by atoms with Crippen molar-refractivity contribution < 1.29 is 71.8 Å². The highest BCUT2D eigenvalue weighted by Gasteiger charge is 2.28. The summed E-state index contributed by atoms with van der Waals surface area (Å²) in [6.45, 7) is 3.66. The van der Waals surface area contributed by atoms with Crippen LogP contribution >= 0.6 is 15.6 Å². The van der Waals surface area contributed by atoms with Gasteiger partial charge in [0, 0.05) is 12.8 Å². The van der Waals surface area contributed by atoms with Gasteiger partial charge in [-0.25, -0.2) is 9.13 Å². The summed E-state index contributed by atoms with van der Waals surface area (Å²) in [6, 6.07) is 0. The lowest BCUT2D eigenvalue weighted by atomic mass is 9.99. The van der Waals surface area contributed by atoms with Gasteiger partial charge >= 0.3 is 27.6 Å². The Kier molecular flexibility index (Phi) is 37.3. The lowest BCUT2D eigenvalue weighted by Crippen LogP contribution is -2.30. The maximum atomic E-state index is 12.7. The van der Waals surface area contributed by atoms with Gasteiger partial charge in [0.05, 0.1) is 32.0 Å². The summed E-state index contributed by atoms with van der Waals surface area (Å²) < 4.78 is 47.6. The second-order valence-corrected chi connectivity index (χ2v) is 17.9. The van der Waals surface area contributed by atoms with E-state index in [1.54, 1.807) is 30.4 Å². The maximum Gasteiger partial charge on any atom is 0.472 e. The predicted octanol–water partition coefficient (Wildman–Crippen LogP) is 9.19. The van der Waals surface area contributed by atoms with E-state index < -0.39 is 78.4 Å². The van der Waals surface area contributed by atoms with E-state index in [-0.39, 0.29) is 12.8 Å².